The van der Waals surface area contributed by atoms with Crippen LogP contribution in [0.2, 0.25) is 0 Å². The summed E-state index contributed by atoms with van der Waals surface area (Å²) in [5, 5.41) is 8.50. The molecule has 0 heterocycles. The molecular formula is C19H37O3. The number of rotatable bonds is 17. The van der Waals surface area contributed by atoms with Crippen molar-refractivity contribution in [3.8, 4) is 0 Å². The first-order chi connectivity index (χ1) is 10.7. The molecule has 0 fully saturated rings. The van der Waals surface area contributed by atoms with E-state index in [1.54, 1.807) is 0 Å². The van der Waals surface area contributed by atoms with Crippen LogP contribution in [0.25, 0.3) is 0 Å². The lowest BCUT2D eigenvalue weighted by molar-refractivity contribution is -0.133. The van der Waals surface area contributed by atoms with Crippen molar-refractivity contribution in [1.29, 1.82) is 0 Å². The van der Waals surface area contributed by atoms with Crippen molar-refractivity contribution in [2.45, 2.75) is 103 Å². The molecule has 0 aromatic carbocycles. The first kappa shape index (κ1) is 21.4. The lowest BCUT2D eigenvalue weighted by Crippen LogP contribution is -2.10. The summed E-state index contributed by atoms with van der Waals surface area (Å²) in [4.78, 5) is 10.3. The van der Waals surface area contributed by atoms with Gasteiger partial charge in [-0.1, -0.05) is 77.6 Å². The lowest BCUT2D eigenvalue weighted by atomic mass is 10.0. The summed E-state index contributed by atoms with van der Waals surface area (Å²) in [7, 11) is 1.84. The van der Waals surface area contributed by atoms with E-state index in [0.29, 0.717) is 12.5 Å². The highest BCUT2D eigenvalue weighted by Crippen LogP contribution is 2.16. The Kier molecular flexibility index (Phi) is 16.4. The Morgan fingerprint density at radius 3 is 1.91 bits per heavy atom. The second-order valence-corrected chi connectivity index (χ2v) is 6.30. The average Bonchev–Trinajstić information content (AvgIpc) is 2.50. The molecule has 0 aliphatic rings. The minimum atomic E-state index is -0.794. The molecule has 0 bridgehead atoms. The van der Waals surface area contributed by atoms with Gasteiger partial charge in [0.05, 0.1) is 12.5 Å². The van der Waals surface area contributed by atoms with Crippen LogP contribution >= 0.6 is 0 Å². The summed E-state index contributed by atoms with van der Waals surface area (Å²) in [6.07, 6.45) is 18.8. The third-order valence-corrected chi connectivity index (χ3v) is 4.26. The second-order valence-electron chi connectivity index (χ2n) is 6.30. The molecule has 0 rings (SSSR count). The maximum atomic E-state index is 10.3. The second kappa shape index (κ2) is 16.8. The molecule has 1 unspecified atom stereocenters. The van der Waals surface area contributed by atoms with Crippen LogP contribution in [0.5, 0.6) is 0 Å². The standard InChI is InChI=1S/C19H37O3/c1-3-4-5-6-9-12-15-18(22-2)16-13-10-7-8-11-14-17-19(20)21/h17-18H,3-16H2,1-2H3,(H,20,21). The Bertz CT molecular complexity index is 241. The largest absolute Gasteiger partial charge is 0.481 e. The van der Waals surface area contributed by atoms with Crippen molar-refractivity contribution in [1.82, 2.24) is 0 Å². The fourth-order valence-corrected chi connectivity index (χ4v) is 2.80. The van der Waals surface area contributed by atoms with E-state index in [1.807, 2.05) is 7.11 Å². The summed E-state index contributed by atoms with van der Waals surface area (Å²) >= 11 is 0. The predicted octanol–water partition coefficient (Wildman–Crippen LogP) is 5.77. The van der Waals surface area contributed by atoms with E-state index in [0.717, 1.165) is 12.8 Å². The summed E-state index contributed by atoms with van der Waals surface area (Å²) in [5.41, 5.74) is 0. The molecule has 0 saturated carbocycles. The van der Waals surface area contributed by atoms with Gasteiger partial charge in [-0.05, 0) is 19.3 Å². The van der Waals surface area contributed by atoms with Gasteiger partial charge in [0.15, 0.2) is 0 Å². The number of carboxylic acid groups (broad SMARTS) is 1. The highest BCUT2D eigenvalue weighted by atomic mass is 16.5. The molecule has 1 N–H and O–H groups in total. The molecule has 1 radical (unpaired) electrons. The molecule has 1 atom stereocenters. The topological polar surface area (TPSA) is 46.5 Å². The molecule has 131 valence electrons. The van der Waals surface area contributed by atoms with E-state index < -0.39 is 5.97 Å². The maximum Gasteiger partial charge on any atom is 0.307 e. The van der Waals surface area contributed by atoms with Crippen LogP contribution in [0.3, 0.4) is 0 Å². The van der Waals surface area contributed by atoms with Gasteiger partial charge in [0, 0.05) is 7.11 Å². The van der Waals surface area contributed by atoms with Crippen molar-refractivity contribution in [2.75, 3.05) is 7.11 Å². The van der Waals surface area contributed by atoms with Crippen LogP contribution in [0, 0.1) is 6.42 Å². The van der Waals surface area contributed by atoms with Crippen LogP contribution in [0.15, 0.2) is 0 Å². The Morgan fingerprint density at radius 2 is 1.41 bits per heavy atom. The molecule has 0 aromatic rings. The number of aliphatic carboxylic acids is 1. The molecule has 0 aromatic heterocycles. The van der Waals surface area contributed by atoms with Gasteiger partial charge in [-0.2, -0.15) is 0 Å². The van der Waals surface area contributed by atoms with Gasteiger partial charge in [-0.3, -0.25) is 4.79 Å². The SMILES string of the molecule is CCCCCCCCC(CCCCCCC[CH]C(=O)O)OC. The average molecular weight is 314 g/mol. The highest BCUT2D eigenvalue weighted by molar-refractivity contribution is 5.76. The van der Waals surface area contributed by atoms with E-state index in [-0.39, 0.29) is 0 Å². The zero-order valence-corrected chi connectivity index (χ0v) is 14.8. The summed E-state index contributed by atoms with van der Waals surface area (Å²) in [6, 6.07) is 0. The van der Waals surface area contributed by atoms with Crippen LogP contribution in [0.1, 0.15) is 96.8 Å². The fourth-order valence-electron chi connectivity index (χ4n) is 2.80. The smallest absolute Gasteiger partial charge is 0.307 e. The Balaban J connectivity index is 3.33. The first-order valence-corrected chi connectivity index (χ1v) is 9.29. The zero-order valence-electron chi connectivity index (χ0n) is 14.8. The molecule has 3 heteroatoms. The normalized spacial score (nSPS) is 12.5. The van der Waals surface area contributed by atoms with E-state index in [2.05, 4.69) is 6.92 Å². The van der Waals surface area contributed by atoms with Gasteiger partial charge in [-0.15, -0.1) is 0 Å². The van der Waals surface area contributed by atoms with Crippen LogP contribution < -0.4 is 0 Å². The molecule has 0 spiro atoms. The molecular weight excluding hydrogens is 276 g/mol. The maximum absolute atomic E-state index is 10.3. The molecule has 3 nitrogen and oxygen atoms in total. The van der Waals surface area contributed by atoms with Gasteiger partial charge in [0.25, 0.3) is 0 Å². The minimum Gasteiger partial charge on any atom is -0.481 e. The van der Waals surface area contributed by atoms with Crippen molar-refractivity contribution >= 4 is 5.97 Å². The molecule has 0 aliphatic carbocycles. The van der Waals surface area contributed by atoms with Crippen molar-refractivity contribution in [3.63, 3.8) is 0 Å². The molecule has 22 heavy (non-hydrogen) atoms. The Morgan fingerprint density at radius 1 is 0.909 bits per heavy atom. The van der Waals surface area contributed by atoms with Crippen molar-refractivity contribution in [2.24, 2.45) is 0 Å². The van der Waals surface area contributed by atoms with E-state index in [1.165, 1.54) is 77.0 Å². The van der Waals surface area contributed by atoms with Crippen LogP contribution in [-0.2, 0) is 9.53 Å². The zero-order chi connectivity index (χ0) is 16.5. The van der Waals surface area contributed by atoms with Gasteiger partial charge >= 0.3 is 5.97 Å². The van der Waals surface area contributed by atoms with E-state index in [4.69, 9.17) is 9.84 Å². The number of carbonyl (C=O) groups is 1. The number of hydrogen-bond donors (Lipinski definition) is 1. The minimum absolute atomic E-state index is 0.437. The van der Waals surface area contributed by atoms with Gasteiger partial charge in [0.2, 0.25) is 0 Å². The monoisotopic (exact) mass is 313 g/mol. The van der Waals surface area contributed by atoms with Crippen molar-refractivity contribution < 1.29 is 14.6 Å². The highest BCUT2D eigenvalue weighted by Gasteiger charge is 2.06. The van der Waals surface area contributed by atoms with E-state index in [9.17, 15) is 4.79 Å². The number of unbranched alkanes of at least 4 members (excludes halogenated alkanes) is 10. The van der Waals surface area contributed by atoms with Gasteiger partial charge in [-0.25, -0.2) is 0 Å². The summed E-state index contributed by atoms with van der Waals surface area (Å²) in [6.45, 7) is 2.26. The number of methoxy groups -OCH3 is 1. The Labute approximate surface area is 137 Å². The molecule has 0 aliphatic heterocycles. The number of ether oxygens (including phenoxy) is 1. The predicted molar refractivity (Wildman–Crippen MR) is 93.0 cm³/mol. The first-order valence-electron chi connectivity index (χ1n) is 9.29. The van der Waals surface area contributed by atoms with Gasteiger partial charge in [0.1, 0.15) is 0 Å². The molecule has 0 amide bonds. The van der Waals surface area contributed by atoms with Crippen molar-refractivity contribution in [3.05, 3.63) is 6.42 Å². The quantitative estimate of drug-likeness (QED) is 0.347. The lowest BCUT2D eigenvalue weighted by Gasteiger charge is -2.15. The van der Waals surface area contributed by atoms with Crippen LogP contribution in [-0.4, -0.2) is 24.3 Å². The fraction of sp³-hybridized carbons (Fsp3) is 0.895. The van der Waals surface area contributed by atoms with Gasteiger partial charge < -0.3 is 9.84 Å². The summed E-state index contributed by atoms with van der Waals surface area (Å²) in [5.74, 6) is -0.794. The summed E-state index contributed by atoms with van der Waals surface area (Å²) < 4.78 is 5.58. The number of carboxylic acids is 1. The van der Waals surface area contributed by atoms with Crippen LogP contribution in [0.4, 0.5) is 0 Å². The molecule has 0 saturated heterocycles. The Hall–Kier alpha value is -0.570. The third-order valence-electron chi connectivity index (χ3n) is 4.26. The van der Waals surface area contributed by atoms with E-state index >= 15 is 0 Å². The number of hydrogen-bond acceptors (Lipinski definition) is 2. The third kappa shape index (κ3) is 15.8.